The third kappa shape index (κ3) is 10.0. The van der Waals surface area contributed by atoms with E-state index in [1.807, 2.05) is 20.8 Å². The van der Waals surface area contributed by atoms with E-state index in [9.17, 15) is 24.3 Å². The first-order valence-corrected chi connectivity index (χ1v) is 12.8. The Morgan fingerprint density at radius 1 is 0.892 bits per heavy atom. The van der Waals surface area contributed by atoms with Crippen molar-refractivity contribution in [2.24, 2.45) is 11.7 Å². The lowest BCUT2D eigenvalue weighted by molar-refractivity contribution is -0.147. The van der Waals surface area contributed by atoms with Crippen LogP contribution >= 0.6 is 0 Å². The molecule has 0 aliphatic heterocycles. The lowest BCUT2D eigenvalue weighted by atomic mass is 9.78. The fourth-order valence-corrected chi connectivity index (χ4v) is 3.68. The lowest BCUT2D eigenvalue weighted by Gasteiger charge is -2.34. The number of ether oxygens (including phenoxy) is 4. The second-order valence-corrected chi connectivity index (χ2v) is 9.33. The van der Waals surface area contributed by atoms with E-state index in [4.69, 9.17) is 24.7 Å². The van der Waals surface area contributed by atoms with Crippen molar-refractivity contribution in [3.8, 4) is 11.5 Å². The van der Waals surface area contributed by atoms with Gasteiger partial charge in [0.25, 0.3) is 0 Å². The zero-order chi connectivity index (χ0) is 28.2. The zero-order valence-electron chi connectivity index (χ0n) is 22.7. The van der Waals surface area contributed by atoms with Crippen molar-refractivity contribution in [1.82, 2.24) is 0 Å². The Labute approximate surface area is 218 Å². The molecule has 0 radical (unpaired) electrons. The molecule has 1 rings (SSSR count). The fraction of sp³-hybridized carbons (Fsp3) is 0.630. The summed E-state index contributed by atoms with van der Waals surface area (Å²) in [6, 6.07) is 4.43. The van der Waals surface area contributed by atoms with Gasteiger partial charge in [0.15, 0.2) is 11.5 Å². The maximum Gasteiger partial charge on any atom is 0.508 e. The second kappa shape index (κ2) is 15.2. The summed E-state index contributed by atoms with van der Waals surface area (Å²) >= 11 is 0. The molecule has 0 aliphatic rings. The second-order valence-electron chi connectivity index (χ2n) is 9.33. The number of benzene rings is 1. The average Bonchev–Trinajstić information content (AvgIpc) is 2.80. The number of aliphatic carboxylic acids is 1. The number of carboxylic acids is 1. The van der Waals surface area contributed by atoms with E-state index >= 15 is 0 Å². The Morgan fingerprint density at radius 2 is 1.46 bits per heavy atom. The van der Waals surface area contributed by atoms with E-state index in [-0.39, 0.29) is 36.9 Å². The summed E-state index contributed by atoms with van der Waals surface area (Å²) in [6.45, 7) is 10.5. The predicted molar refractivity (Wildman–Crippen MR) is 136 cm³/mol. The molecule has 0 bridgehead atoms. The van der Waals surface area contributed by atoms with Crippen molar-refractivity contribution in [1.29, 1.82) is 0 Å². The van der Waals surface area contributed by atoms with Crippen LogP contribution in [0.4, 0.5) is 4.79 Å². The van der Waals surface area contributed by atoms with Gasteiger partial charge in [-0.15, -0.1) is 0 Å². The summed E-state index contributed by atoms with van der Waals surface area (Å²) in [4.78, 5) is 48.6. The minimum atomic E-state index is -1.85. The molecule has 0 saturated carbocycles. The van der Waals surface area contributed by atoms with Gasteiger partial charge in [0, 0.05) is 25.2 Å². The molecule has 208 valence electrons. The van der Waals surface area contributed by atoms with Crippen LogP contribution in [0.15, 0.2) is 18.2 Å². The normalized spacial score (nSPS) is 15.0. The molecule has 1 aromatic carbocycles. The number of nitrogens with two attached hydrogens (primary N) is 1. The quantitative estimate of drug-likeness (QED) is 0.242. The van der Waals surface area contributed by atoms with Gasteiger partial charge in [0.1, 0.15) is 17.7 Å². The smallest absolute Gasteiger partial charge is 0.480 e. The molecule has 3 N–H and O–H groups in total. The molecule has 0 amide bonds. The summed E-state index contributed by atoms with van der Waals surface area (Å²) < 4.78 is 21.3. The van der Waals surface area contributed by atoms with Crippen LogP contribution in [0.5, 0.6) is 11.5 Å². The molecule has 10 heteroatoms. The minimum Gasteiger partial charge on any atom is -0.480 e. The molecule has 1 unspecified atom stereocenters. The van der Waals surface area contributed by atoms with Crippen molar-refractivity contribution >= 4 is 24.1 Å². The number of carbonyl (C=O) groups excluding carboxylic acids is 3. The minimum absolute atomic E-state index is 0.00131. The predicted octanol–water partition coefficient (Wildman–Crippen LogP) is 4.79. The molecule has 0 aromatic heterocycles. The van der Waals surface area contributed by atoms with Crippen LogP contribution in [0.25, 0.3) is 0 Å². The van der Waals surface area contributed by atoms with Crippen LogP contribution < -0.4 is 15.2 Å². The van der Waals surface area contributed by atoms with Crippen molar-refractivity contribution in [3.05, 3.63) is 23.8 Å². The van der Waals surface area contributed by atoms with Crippen molar-refractivity contribution < 1.29 is 43.2 Å². The average molecular weight is 524 g/mol. The van der Waals surface area contributed by atoms with Crippen LogP contribution in [0.2, 0.25) is 0 Å². The maximum atomic E-state index is 12.3. The van der Waals surface area contributed by atoms with Gasteiger partial charge in [0.05, 0.1) is 0 Å². The maximum absolute atomic E-state index is 12.3. The summed E-state index contributed by atoms with van der Waals surface area (Å²) in [5, 5.41) is 10.0. The van der Waals surface area contributed by atoms with Crippen molar-refractivity contribution in [3.63, 3.8) is 0 Å². The van der Waals surface area contributed by atoms with Gasteiger partial charge >= 0.3 is 24.1 Å². The van der Waals surface area contributed by atoms with Crippen LogP contribution in [0.3, 0.4) is 0 Å². The number of rotatable bonds is 15. The Hall–Kier alpha value is -3.14. The standard InChI is InChI=1S/C27H41NO9/c1-7-10-17(4)34-26(33)35-19(6)18(5)27(28,25(31)32)16-20-13-14-21(36-23(29)11-8-2)22(15-20)37-24(30)12-9-3/h13-15,17-19H,7-12,16,28H2,1-6H3,(H,31,32)/t17?,18-,19+,27-/m1/s1. The molecule has 0 aliphatic carbocycles. The zero-order valence-corrected chi connectivity index (χ0v) is 22.7. The molecule has 0 saturated heterocycles. The largest absolute Gasteiger partial charge is 0.508 e. The molecule has 37 heavy (non-hydrogen) atoms. The van der Waals surface area contributed by atoms with Crippen molar-refractivity contribution in [2.45, 2.75) is 104 Å². The van der Waals surface area contributed by atoms with E-state index in [0.29, 0.717) is 24.8 Å². The molecule has 4 atom stereocenters. The number of carbonyl (C=O) groups is 4. The van der Waals surface area contributed by atoms with Crippen molar-refractivity contribution in [2.75, 3.05) is 0 Å². The number of hydrogen-bond acceptors (Lipinski definition) is 9. The van der Waals surface area contributed by atoms with E-state index in [1.54, 1.807) is 26.8 Å². The first kappa shape index (κ1) is 31.9. The van der Waals surface area contributed by atoms with Gasteiger partial charge < -0.3 is 29.8 Å². The van der Waals surface area contributed by atoms with Gasteiger partial charge in [-0.3, -0.25) is 14.4 Å². The number of hydrogen-bond donors (Lipinski definition) is 2. The fourth-order valence-electron chi connectivity index (χ4n) is 3.68. The highest BCUT2D eigenvalue weighted by molar-refractivity contribution is 5.80. The highest BCUT2D eigenvalue weighted by Crippen LogP contribution is 2.33. The number of esters is 2. The molecule has 10 nitrogen and oxygen atoms in total. The molecule has 0 spiro atoms. The molecule has 0 heterocycles. The van der Waals surface area contributed by atoms with Gasteiger partial charge in [-0.2, -0.15) is 0 Å². The van der Waals surface area contributed by atoms with E-state index in [2.05, 4.69) is 0 Å². The molecule has 1 aromatic rings. The summed E-state index contributed by atoms with van der Waals surface area (Å²) in [5.74, 6) is -3.08. The molecular formula is C27H41NO9. The van der Waals surface area contributed by atoms with E-state index in [0.717, 1.165) is 6.42 Å². The van der Waals surface area contributed by atoms with Gasteiger partial charge in [0.2, 0.25) is 0 Å². The van der Waals surface area contributed by atoms with Gasteiger partial charge in [-0.25, -0.2) is 4.79 Å². The summed E-state index contributed by atoms with van der Waals surface area (Å²) in [6.07, 6.45) is 0.700. The first-order valence-electron chi connectivity index (χ1n) is 12.8. The Morgan fingerprint density at radius 3 is 1.97 bits per heavy atom. The molecule has 0 fully saturated rings. The monoisotopic (exact) mass is 523 g/mol. The third-order valence-electron chi connectivity index (χ3n) is 6.05. The molecular weight excluding hydrogens is 482 g/mol. The van der Waals surface area contributed by atoms with Crippen LogP contribution in [0.1, 0.15) is 85.6 Å². The number of carboxylic acid groups (broad SMARTS) is 1. The lowest BCUT2D eigenvalue weighted by Crippen LogP contribution is -2.58. The highest BCUT2D eigenvalue weighted by Gasteiger charge is 2.44. The Kier molecular flexibility index (Phi) is 13.1. The summed E-state index contributed by atoms with van der Waals surface area (Å²) in [7, 11) is 0. The van der Waals surface area contributed by atoms with Crippen LogP contribution in [-0.2, 0) is 30.3 Å². The van der Waals surface area contributed by atoms with E-state index in [1.165, 1.54) is 12.1 Å². The topological polar surface area (TPSA) is 151 Å². The van der Waals surface area contributed by atoms with Crippen LogP contribution in [-0.4, -0.2) is 46.9 Å². The third-order valence-corrected chi connectivity index (χ3v) is 6.05. The summed E-state index contributed by atoms with van der Waals surface area (Å²) in [5.41, 5.74) is 4.96. The van der Waals surface area contributed by atoms with Gasteiger partial charge in [-0.1, -0.05) is 40.2 Å². The Balaban J connectivity index is 3.18. The van der Waals surface area contributed by atoms with E-state index < -0.39 is 41.6 Å². The van der Waals surface area contributed by atoms with Crippen LogP contribution in [0, 0.1) is 5.92 Å². The Bertz CT molecular complexity index is 932. The highest BCUT2D eigenvalue weighted by atomic mass is 16.7. The first-order chi connectivity index (χ1) is 17.4. The van der Waals surface area contributed by atoms with Gasteiger partial charge in [-0.05, 0) is 50.8 Å². The SMILES string of the molecule is CCCC(=O)Oc1ccc(C[C@](N)(C(=O)O)[C@H](C)[C@H](C)OC(=O)OC(C)CCC)cc1OC(=O)CCC.